The van der Waals surface area contributed by atoms with E-state index >= 15 is 0 Å². The van der Waals surface area contributed by atoms with E-state index in [1.165, 1.54) is 37.0 Å². The third-order valence-electron chi connectivity index (χ3n) is 5.01. The first kappa shape index (κ1) is 16.2. The van der Waals surface area contributed by atoms with Gasteiger partial charge in [-0.2, -0.15) is 0 Å². The molecule has 1 aliphatic carbocycles. The van der Waals surface area contributed by atoms with Crippen LogP contribution in [0.5, 0.6) is 0 Å². The number of nitrogens with one attached hydrogen (secondary N) is 2. The molecular formula is C16H25N5OS. The number of likely N-dealkylation sites (tertiary alicyclic amines) is 1. The molecule has 1 spiro atoms. The number of hydrogen-bond donors (Lipinski definition) is 2. The average Bonchev–Trinajstić information content (AvgIpc) is 3.13. The Hall–Kier alpha value is -1.63. The summed E-state index contributed by atoms with van der Waals surface area (Å²) in [5.74, 6) is 0.911. The van der Waals surface area contributed by atoms with Crippen LogP contribution in [0.4, 0.5) is 0 Å². The largest absolute Gasteiger partial charge is 0.354 e. The summed E-state index contributed by atoms with van der Waals surface area (Å²) in [6.45, 7) is 5.33. The van der Waals surface area contributed by atoms with Crippen molar-refractivity contribution in [2.45, 2.75) is 32.6 Å². The van der Waals surface area contributed by atoms with E-state index in [9.17, 15) is 4.79 Å². The average molecular weight is 335 g/mol. The van der Waals surface area contributed by atoms with Crippen LogP contribution in [0.2, 0.25) is 0 Å². The molecule has 3 rings (SSSR count). The summed E-state index contributed by atoms with van der Waals surface area (Å²) in [5.41, 5.74) is 3.06. The van der Waals surface area contributed by atoms with Gasteiger partial charge in [-0.15, -0.1) is 11.3 Å². The fourth-order valence-corrected chi connectivity index (χ4v) is 4.20. The van der Waals surface area contributed by atoms with Gasteiger partial charge in [0, 0.05) is 33.2 Å². The SMILES string of the molecule is CN=C(NCCNC(=O)c1scnc1C)N1CCC2(CCC2)C1. The number of hydrogen-bond acceptors (Lipinski definition) is 4. The highest BCUT2D eigenvalue weighted by Crippen LogP contribution is 2.47. The number of aryl methyl sites for hydroxylation is 1. The molecule has 1 amide bonds. The Balaban J connectivity index is 1.41. The molecule has 2 heterocycles. The van der Waals surface area contributed by atoms with Gasteiger partial charge in [0.15, 0.2) is 5.96 Å². The van der Waals surface area contributed by atoms with Crippen LogP contribution < -0.4 is 10.6 Å². The van der Waals surface area contributed by atoms with Crippen molar-refractivity contribution >= 4 is 23.2 Å². The van der Waals surface area contributed by atoms with Crippen molar-refractivity contribution in [2.75, 3.05) is 33.2 Å². The van der Waals surface area contributed by atoms with Crippen molar-refractivity contribution in [1.82, 2.24) is 20.5 Å². The number of nitrogens with zero attached hydrogens (tertiary/aromatic N) is 3. The molecule has 2 fully saturated rings. The number of thiazole rings is 1. The Morgan fingerprint density at radius 3 is 2.74 bits per heavy atom. The molecule has 1 aliphatic heterocycles. The summed E-state index contributed by atoms with van der Waals surface area (Å²) >= 11 is 1.38. The molecule has 0 aromatic carbocycles. The highest BCUT2D eigenvalue weighted by molar-refractivity contribution is 7.11. The lowest BCUT2D eigenvalue weighted by Crippen LogP contribution is -2.44. The first-order valence-corrected chi connectivity index (χ1v) is 9.15. The molecule has 6 nitrogen and oxygen atoms in total. The Labute approximate surface area is 141 Å². The maximum atomic E-state index is 12.0. The molecule has 23 heavy (non-hydrogen) atoms. The van der Waals surface area contributed by atoms with E-state index in [1.807, 2.05) is 14.0 Å². The first-order valence-electron chi connectivity index (χ1n) is 8.27. The predicted molar refractivity (Wildman–Crippen MR) is 93.0 cm³/mol. The molecule has 0 unspecified atom stereocenters. The number of carbonyl (C=O) groups excluding carboxylic acids is 1. The van der Waals surface area contributed by atoms with Crippen molar-refractivity contribution in [3.05, 3.63) is 16.1 Å². The number of rotatable bonds is 4. The van der Waals surface area contributed by atoms with Crippen molar-refractivity contribution in [2.24, 2.45) is 10.4 Å². The van der Waals surface area contributed by atoms with E-state index in [1.54, 1.807) is 5.51 Å². The Bertz CT molecular complexity index is 593. The van der Waals surface area contributed by atoms with Crippen LogP contribution in [0.1, 0.15) is 41.0 Å². The molecule has 0 radical (unpaired) electrons. The minimum atomic E-state index is -0.0450. The number of aromatic nitrogens is 1. The van der Waals surface area contributed by atoms with Crippen molar-refractivity contribution in [1.29, 1.82) is 0 Å². The van der Waals surface area contributed by atoms with E-state index in [0.29, 0.717) is 23.4 Å². The Morgan fingerprint density at radius 1 is 1.39 bits per heavy atom. The van der Waals surface area contributed by atoms with Crippen molar-refractivity contribution in [3.8, 4) is 0 Å². The summed E-state index contributed by atoms with van der Waals surface area (Å²) in [6, 6.07) is 0. The second-order valence-electron chi connectivity index (χ2n) is 6.52. The van der Waals surface area contributed by atoms with Gasteiger partial charge in [0.05, 0.1) is 11.2 Å². The molecule has 2 N–H and O–H groups in total. The maximum absolute atomic E-state index is 12.0. The summed E-state index contributed by atoms with van der Waals surface area (Å²) in [6.07, 6.45) is 5.40. The van der Waals surface area contributed by atoms with Gasteiger partial charge in [0.25, 0.3) is 5.91 Å². The third kappa shape index (κ3) is 3.49. The van der Waals surface area contributed by atoms with Gasteiger partial charge in [0.2, 0.25) is 0 Å². The van der Waals surface area contributed by atoms with Gasteiger partial charge in [0.1, 0.15) is 4.88 Å². The lowest BCUT2D eigenvalue weighted by molar-refractivity contribution is 0.0957. The van der Waals surface area contributed by atoms with Gasteiger partial charge in [-0.25, -0.2) is 4.98 Å². The molecule has 2 aliphatic rings. The molecule has 1 saturated carbocycles. The van der Waals surface area contributed by atoms with E-state index in [-0.39, 0.29) is 5.91 Å². The maximum Gasteiger partial charge on any atom is 0.263 e. The highest BCUT2D eigenvalue weighted by Gasteiger charge is 2.43. The van der Waals surface area contributed by atoms with Gasteiger partial charge in [-0.05, 0) is 31.6 Å². The van der Waals surface area contributed by atoms with Gasteiger partial charge < -0.3 is 15.5 Å². The van der Waals surface area contributed by atoms with Crippen molar-refractivity contribution < 1.29 is 4.79 Å². The normalized spacial score (nSPS) is 19.7. The molecule has 126 valence electrons. The second-order valence-corrected chi connectivity index (χ2v) is 7.38. The Kier molecular flexibility index (Phi) is 4.84. The molecular weight excluding hydrogens is 310 g/mol. The smallest absolute Gasteiger partial charge is 0.263 e. The summed E-state index contributed by atoms with van der Waals surface area (Å²) in [7, 11) is 1.83. The lowest BCUT2D eigenvalue weighted by Gasteiger charge is -2.38. The fourth-order valence-electron chi connectivity index (χ4n) is 3.48. The van der Waals surface area contributed by atoms with Crippen LogP contribution in [0.3, 0.4) is 0 Å². The van der Waals surface area contributed by atoms with E-state index in [4.69, 9.17) is 0 Å². The van der Waals surface area contributed by atoms with E-state index < -0.39 is 0 Å². The van der Waals surface area contributed by atoms with E-state index in [2.05, 4.69) is 25.5 Å². The zero-order valence-corrected chi connectivity index (χ0v) is 14.7. The van der Waals surface area contributed by atoms with Gasteiger partial charge in [-0.1, -0.05) is 6.42 Å². The monoisotopic (exact) mass is 335 g/mol. The second kappa shape index (κ2) is 6.86. The van der Waals surface area contributed by atoms with Crippen LogP contribution in [-0.2, 0) is 0 Å². The summed E-state index contributed by atoms with van der Waals surface area (Å²) in [5, 5.41) is 6.29. The summed E-state index contributed by atoms with van der Waals surface area (Å²) < 4.78 is 0. The quantitative estimate of drug-likeness (QED) is 0.498. The zero-order valence-electron chi connectivity index (χ0n) is 13.9. The predicted octanol–water partition coefficient (Wildman–Crippen LogP) is 1.63. The number of aliphatic imine (C=N–C) groups is 1. The first-order chi connectivity index (χ1) is 11.1. The molecule has 7 heteroatoms. The molecule has 0 atom stereocenters. The number of carbonyl (C=O) groups is 1. The van der Waals surface area contributed by atoms with E-state index in [0.717, 1.165) is 24.7 Å². The lowest BCUT2D eigenvalue weighted by atomic mass is 9.68. The zero-order chi connectivity index (χ0) is 16.3. The third-order valence-corrected chi connectivity index (χ3v) is 5.94. The number of amides is 1. The minimum absolute atomic E-state index is 0.0450. The van der Waals surface area contributed by atoms with Crippen LogP contribution in [0.15, 0.2) is 10.5 Å². The molecule has 1 aromatic rings. The highest BCUT2D eigenvalue weighted by atomic mass is 32.1. The van der Waals surface area contributed by atoms with Crippen LogP contribution >= 0.6 is 11.3 Å². The number of guanidine groups is 1. The van der Waals surface area contributed by atoms with Crippen molar-refractivity contribution in [3.63, 3.8) is 0 Å². The van der Waals surface area contributed by atoms with Crippen LogP contribution in [-0.4, -0.2) is 55.0 Å². The fraction of sp³-hybridized carbons (Fsp3) is 0.688. The van der Waals surface area contributed by atoms with Crippen LogP contribution in [0, 0.1) is 12.3 Å². The summed E-state index contributed by atoms with van der Waals surface area (Å²) in [4.78, 5) is 23.6. The van der Waals surface area contributed by atoms with Gasteiger partial charge in [-0.3, -0.25) is 9.79 Å². The van der Waals surface area contributed by atoms with Crippen LogP contribution in [0.25, 0.3) is 0 Å². The minimum Gasteiger partial charge on any atom is -0.354 e. The molecule has 1 aromatic heterocycles. The van der Waals surface area contributed by atoms with Gasteiger partial charge >= 0.3 is 0 Å². The molecule has 1 saturated heterocycles. The Morgan fingerprint density at radius 2 is 2.17 bits per heavy atom. The molecule has 0 bridgehead atoms. The standard InChI is InChI=1S/C16H25N5OS/c1-12-13(23-11-20-12)14(22)18-7-8-19-15(17-2)21-9-6-16(10-21)4-3-5-16/h11H,3-10H2,1-2H3,(H,17,19)(H,18,22). The topological polar surface area (TPSA) is 69.6 Å².